The van der Waals surface area contributed by atoms with Crippen LogP contribution < -0.4 is 4.90 Å². The van der Waals surface area contributed by atoms with Crippen LogP contribution in [0.2, 0.25) is 0 Å². The number of likely N-dealkylation sites (tertiary alicyclic amines) is 1. The van der Waals surface area contributed by atoms with Crippen LogP contribution in [0.4, 0.5) is 16.2 Å². The van der Waals surface area contributed by atoms with E-state index >= 15 is 0 Å². The largest absolute Gasteiger partial charge is 0.324 e. The lowest BCUT2D eigenvalue weighted by molar-refractivity contribution is 0.179. The van der Waals surface area contributed by atoms with E-state index in [-0.39, 0.29) is 11.4 Å². The van der Waals surface area contributed by atoms with Crippen molar-refractivity contribution in [3.8, 4) is 0 Å². The van der Waals surface area contributed by atoms with Gasteiger partial charge in [-0.15, -0.1) is 0 Å². The van der Waals surface area contributed by atoms with Gasteiger partial charge in [0.1, 0.15) is 0 Å². The van der Waals surface area contributed by atoms with E-state index in [1.165, 1.54) is 16.8 Å². The van der Waals surface area contributed by atoms with Gasteiger partial charge in [0.25, 0.3) is 0 Å². The second-order valence-electron chi connectivity index (χ2n) is 7.95. The van der Waals surface area contributed by atoms with Crippen LogP contribution in [0.25, 0.3) is 0 Å². The fourth-order valence-electron chi connectivity index (χ4n) is 5.07. The summed E-state index contributed by atoms with van der Waals surface area (Å²) in [5.74, 6) is 0. The van der Waals surface area contributed by atoms with Gasteiger partial charge in [-0.1, -0.05) is 36.4 Å². The van der Waals surface area contributed by atoms with E-state index in [2.05, 4.69) is 49.4 Å². The summed E-state index contributed by atoms with van der Waals surface area (Å²) >= 11 is 0. The maximum atomic E-state index is 13.3. The highest BCUT2D eigenvalue weighted by molar-refractivity contribution is 6.01. The third-order valence-electron chi connectivity index (χ3n) is 6.63. The number of benzene rings is 2. The third-order valence-corrected chi connectivity index (χ3v) is 6.63. The number of rotatable bonds is 0. The molecule has 0 saturated carbocycles. The van der Waals surface area contributed by atoms with Gasteiger partial charge in [-0.05, 0) is 55.9 Å². The second kappa shape index (κ2) is 6.22. The number of para-hydroxylation sites is 2. The average molecular weight is 359 g/mol. The smallest absolute Gasteiger partial charge is 0.324 e. The Bertz CT molecular complexity index is 925. The minimum atomic E-state index is 0.0210. The van der Waals surface area contributed by atoms with E-state index < -0.39 is 0 Å². The molecule has 0 radical (unpaired) electrons. The maximum absolute atomic E-state index is 13.3. The molecule has 0 aromatic heterocycles. The van der Waals surface area contributed by atoms with Crippen molar-refractivity contribution in [2.24, 2.45) is 4.99 Å². The minimum Gasteiger partial charge on any atom is -0.324 e. The summed E-state index contributed by atoms with van der Waals surface area (Å²) in [5.41, 5.74) is 6.07. The van der Waals surface area contributed by atoms with Gasteiger partial charge in [-0.3, -0.25) is 9.89 Å². The molecule has 0 N–H and O–H groups in total. The Labute approximate surface area is 160 Å². The predicted molar refractivity (Wildman–Crippen MR) is 109 cm³/mol. The summed E-state index contributed by atoms with van der Waals surface area (Å²) in [6, 6.07) is 17.0. The fourth-order valence-corrected chi connectivity index (χ4v) is 5.07. The number of fused-ring (bicyclic) bond motifs is 3. The molecule has 2 aromatic rings. The summed E-state index contributed by atoms with van der Waals surface area (Å²) in [7, 11) is 0. The number of amides is 2. The summed E-state index contributed by atoms with van der Waals surface area (Å²) in [6.07, 6.45) is 4.02. The molecule has 3 aliphatic heterocycles. The SMILES string of the molecule is CC1=Nc2ccccc2C12CCN(C(=O)N1CCCc3ccccc31)CC2. The Morgan fingerprint density at radius 3 is 2.59 bits per heavy atom. The summed E-state index contributed by atoms with van der Waals surface area (Å²) in [6.45, 7) is 4.55. The van der Waals surface area contributed by atoms with Gasteiger partial charge >= 0.3 is 6.03 Å². The Hall–Kier alpha value is -2.62. The van der Waals surface area contributed by atoms with Gasteiger partial charge in [0.2, 0.25) is 0 Å². The lowest BCUT2D eigenvalue weighted by Crippen LogP contribution is -2.52. The number of aryl methyl sites for hydroxylation is 1. The van der Waals surface area contributed by atoms with Gasteiger partial charge in [0.15, 0.2) is 0 Å². The third kappa shape index (κ3) is 2.50. The molecule has 0 unspecified atom stereocenters. The second-order valence-corrected chi connectivity index (χ2v) is 7.95. The highest BCUT2D eigenvalue weighted by Gasteiger charge is 2.44. The number of piperidine rings is 1. The highest BCUT2D eigenvalue weighted by atomic mass is 16.2. The molecule has 4 heteroatoms. The molecule has 1 spiro atoms. The first-order valence-electron chi connectivity index (χ1n) is 9.99. The molecule has 0 atom stereocenters. The van der Waals surface area contributed by atoms with Gasteiger partial charge in [0.05, 0.1) is 5.69 Å². The van der Waals surface area contributed by atoms with Crippen molar-refractivity contribution in [1.29, 1.82) is 0 Å². The minimum absolute atomic E-state index is 0.0210. The molecule has 3 heterocycles. The number of nitrogens with zero attached hydrogens (tertiary/aromatic N) is 3. The van der Waals surface area contributed by atoms with Crippen LogP contribution in [0, 0.1) is 0 Å². The van der Waals surface area contributed by atoms with Gasteiger partial charge in [-0.2, -0.15) is 0 Å². The first-order valence-corrected chi connectivity index (χ1v) is 9.99. The van der Waals surface area contributed by atoms with E-state index in [1.807, 2.05) is 15.9 Å². The zero-order valence-corrected chi connectivity index (χ0v) is 15.8. The Morgan fingerprint density at radius 1 is 1.00 bits per heavy atom. The summed E-state index contributed by atoms with van der Waals surface area (Å²) in [4.78, 5) is 22.1. The number of hydrogen-bond donors (Lipinski definition) is 0. The molecule has 1 saturated heterocycles. The first kappa shape index (κ1) is 16.5. The molecule has 0 bridgehead atoms. The van der Waals surface area contributed by atoms with E-state index in [4.69, 9.17) is 4.99 Å². The number of carbonyl (C=O) groups excluding carboxylic acids is 1. The van der Waals surface area contributed by atoms with Gasteiger partial charge in [0, 0.05) is 36.4 Å². The molecule has 4 nitrogen and oxygen atoms in total. The van der Waals surface area contributed by atoms with Crippen LogP contribution in [0.5, 0.6) is 0 Å². The van der Waals surface area contributed by atoms with Crippen LogP contribution >= 0.6 is 0 Å². The number of hydrogen-bond acceptors (Lipinski definition) is 2. The van der Waals surface area contributed by atoms with Crippen molar-refractivity contribution in [3.63, 3.8) is 0 Å². The summed E-state index contributed by atoms with van der Waals surface area (Å²) in [5, 5.41) is 0. The van der Waals surface area contributed by atoms with E-state index in [0.717, 1.165) is 56.7 Å². The van der Waals surface area contributed by atoms with Crippen LogP contribution in [0.1, 0.15) is 37.3 Å². The maximum Gasteiger partial charge on any atom is 0.324 e. The number of anilines is 1. The van der Waals surface area contributed by atoms with Crippen LogP contribution in [-0.4, -0.2) is 36.3 Å². The van der Waals surface area contributed by atoms with Crippen molar-refractivity contribution in [2.75, 3.05) is 24.5 Å². The Kier molecular flexibility index (Phi) is 3.81. The van der Waals surface area contributed by atoms with Crippen molar-refractivity contribution >= 4 is 23.1 Å². The topological polar surface area (TPSA) is 35.9 Å². The molecule has 2 amide bonds. The van der Waals surface area contributed by atoms with Crippen molar-refractivity contribution in [1.82, 2.24) is 4.90 Å². The van der Waals surface area contributed by atoms with E-state index in [9.17, 15) is 4.79 Å². The summed E-state index contributed by atoms with van der Waals surface area (Å²) < 4.78 is 0. The average Bonchev–Trinajstić information content (AvgIpc) is 2.99. The van der Waals surface area contributed by atoms with Crippen molar-refractivity contribution in [3.05, 3.63) is 59.7 Å². The monoisotopic (exact) mass is 359 g/mol. The molecule has 0 aliphatic carbocycles. The molecule has 3 aliphatic rings. The molecule has 1 fully saturated rings. The standard InChI is InChI=1S/C23H25N3O/c1-17-23(19-9-3-4-10-20(19)24-17)12-15-25(16-13-23)22(27)26-14-6-8-18-7-2-5-11-21(18)26/h2-5,7,9-11H,6,8,12-16H2,1H3. The lowest BCUT2D eigenvalue weighted by Gasteiger charge is -2.42. The zero-order chi connectivity index (χ0) is 18.4. The predicted octanol–water partition coefficient (Wildman–Crippen LogP) is 4.70. The van der Waals surface area contributed by atoms with Crippen molar-refractivity contribution < 1.29 is 4.79 Å². The number of carbonyl (C=O) groups is 1. The number of urea groups is 1. The molecular formula is C23H25N3O. The van der Waals surface area contributed by atoms with Gasteiger partial charge in [-0.25, -0.2) is 4.79 Å². The fraction of sp³-hybridized carbons (Fsp3) is 0.391. The molecular weight excluding hydrogens is 334 g/mol. The Balaban J connectivity index is 1.36. The molecule has 138 valence electrons. The molecule has 5 rings (SSSR count). The highest BCUT2D eigenvalue weighted by Crippen LogP contribution is 2.46. The lowest BCUT2D eigenvalue weighted by atomic mass is 9.71. The molecule has 2 aromatic carbocycles. The molecule has 27 heavy (non-hydrogen) atoms. The van der Waals surface area contributed by atoms with E-state index in [0.29, 0.717) is 0 Å². The van der Waals surface area contributed by atoms with Crippen LogP contribution in [0.3, 0.4) is 0 Å². The Morgan fingerprint density at radius 2 is 1.74 bits per heavy atom. The first-order chi connectivity index (χ1) is 13.2. The van der Waals surface area contributed by atoms with Gasteiger partial charge < -0.3 is 4.90 Å². The zero-order valence-electron chi connectivity index (χ0n) is 15.8. The van der Waals surface area contributed by atoms with Crippen molar-refractivity contribution in [2.45, 2.75) is 38.0 Å². The normalized spacial score (nSPS) is 20.3. The van der Waals surface area contributed by atoms with E-state index in [1.54, 1.807) is 0 Å². The quantitative estimate of drug-likeness (QED) is 0.672. The number of aliphatic imine (C=N–C) groups is 1. The van der Waals surface area contributed by atoms with Crippen LogP contribution in [0.15, 0.2) is 53.5 Å². The van der Waals surface area contributed by atoms with Crippen LogP contribution in [-0.2, 0) is 11.8 Å².